The first kappa shape index (κ1) is 27.2. The lowest BCUT2D eigenvalue weighted by Gasteiger charge is -2.43. The van der Waals surface area contributed by atoms with Gasteiger partial charge in [0.05, 0.1) is 42.4 Å². The molecule has 5 rings (SSSR count). The SMILES string of the molecule is C[C@H]1C[C@@H](c2ccncc2NC(=O)c2ccc(F)c(-c3c(F)cc(C4(O)COC4)cc3F)n2)C[C@@H](O)[C@]1(C)O. The van der Waals surface area contributed by atoms with Gasteiger partial charge >= 0.3 is 0 Å². The number of carbonyl (C=O) groups is 1. The number of hydrogen-bond acceptors (Lipinski definition) is 7. The Morgan fingerprint density at radius 3 is 2.38 bits per heavy atom. The number of benzene rings is 1. The Kier molecular flexibility index (Phi) is 6.96. The van der Waals surface area contributed by atoms with Crippen LogP contribution in [0.2, 0.25) is 0 Å². The van der Waals surface area contributed by atoms with Crippen molar-refractivity contribution in [3.05, 3.63) is 77.0 Å². The van der Waals surface area contributed by atoms with Crippen LogP contribution < -0.4 is 5.32 Å². The highest BCUT2D eigenvalue weighted by Gasteiger charge is 2.44. The molecule has 4 atom stereocenters. The van der Waals surface area contributed by atoms with Crippen LogP contribution in [0.5, 0.6) is 0 Å². The van der Waals surface area contributed by atoms with E-state index in [0.717, 1.165) is 24.3 Å². The standard InChI is InChI=1S/C28H28F3N3O5/c1-14-7-15(8-23(35)27(14,2)37)17-5-6-32-11-22(17)34-26(36)21-4-3-18(29)25(33-21)24-19(30)9-16(10-20(24)31)28(38)12-39-13-28/h3-6,9-11,14-15,23,35,37-38H,7-8,12-13H2,1-2H3,(H,34,36)/t14-,15+,23+,27+/m0/s1. The third-order valence-corrected chi connectivity index (χ3v) is 7.94. The Morgan fingerprint density at radius 1 is 1.08 bits per heavy atom. The number of aliphatic hydroxyl groups excluding tert-OH is 1. The minimum Gasteiger partial charge on any atom is -0.390 e. The topological polar surface area (TPSA) is 125 Å². The van der Waals surface area contributed by atoms with E-state index in [9.17, 15) is 33.3 Å². The Hall–Kier alpha value is -3.38. The fraction of sp³-hybridized carbons (Fsp3) is 0.393. The molecule has 1 aliphatic carbocycles. The highest BCUT2D eigenvalue weighted by molar-refractivity contribution is 6.03. The van der Waals surface area contributed by atoms with E-state index < -0.39 is 51.9 Å². The number of halogens is 3. The summed E-state index contributed by atoms with van der Waals surface area (Å²) in [5.41, 5.74) is -3.56. The second-order valence-electron chi connectivity index (χ2n) is 10.6. The van der Waals surface area contributed by atoms with E-state index in [4.69, 9.17) is 4.74 Å². The van der Waals surface area contributed by atoms with Crippen LogP contribution in [-0.4, -0.2) is 56.1 Å². The van der Waals surface area contributed by atoms with Crippen molar-refractivity contribution in [3.63, 3.8) is 0 Å². The predicted molar refractivity (Wildman–Crippen MR) is 134 cm³/mol. The molecule has 11 heteroatoms. The van der Waals surface area contributed by atoms with Crippen molar-refractivity contribution in [2.75, 3.05) is 18.5 Å². The second-order valence-corrected chi connectivity index (χ2v) is 10.6. The number of amides is 1. The van der Waals surface area contributed by atoms with Crippen molar-refractivity contribution < 1.29 is 38.0 Å². The highest BCUT2D eigenvalue weighted by Crippen LogP contribution is 2.43. The fourth-order valence-corrected chi connectivity index (χ4v) is 5.18. The van der Waals surface area contributed by atoms with Gasteiger partial charge in [0.1, 0.15) is 34.4 Å². The predicted octanol–water partition coefficient (Wildman–Crippen LogP) is 3.66. The number of ether oxygens (including phenoxy) is 1. The van der Waals surface area contributed by atoms with Gasteiger partial charge in [0, 0.05) is 6.20 Å². The molecule has 0 unspecified atom stereocenters. The number of hydrogen-bond donors (Lipinski definition) is 4. The van der Waals surface area contributed by atoms with Crippen LogP contribution in [0.25, 0.3) is 11.3 Å². The lowest BCUT2D eigenvalue weighted by atomic mass is 9.69. The van der Waals surface area contributed by atoms with Gasteiger partial charge in [0.15, 0.2) is 0 Å². The van der Waals surface area contributed by atoms with Gasteiger partial charge in [-0.1, -0.05) is 6.92 Å². The number of aromatic nitrogens is 2. The molecule has 3 aromatic rings. The maximum absolute atomic E-state index is 15.0. The summed E-state index contributed by atoms with van der Waals surface area (Å²) in [7, 11) is 0. The maximum Gasteiger partial charge on any atom is 0.274 e. The van der Waals surface area contributed by atoms with E-state index in [-0.39, 0.29) is 42.7 Å². The number of nitrogens with zero attached hydrogens (tertiary/aromatic N) is 2. The van der Waals surface area contributed by atoms with E-state index in [1.807, 2.05) is 6.92 Å². The van der Waals surface area contributed by atoms with Gasteiger partial charge < -0.3 is 25.4 Å². The summed E-state index contributed by atoms with van der Waals surface area (Å²) in [4.78, 5) is 21.1. The number of rotatable bonds is 5. The molecule has 8 nitrogen and oxygen atoms in total. The normalized spacial score (nSPS) is 26.1. The highest BCUT2D eigenvalue weighted by atomic mass is 19.1. The average molecular weight is 544 g/mol. The van der Waals surface area contributed by atoms with Crippen LogP contribution in [0.15, 0.2) is 42.7 Å². The second kappa shape index (κ2) is 9.98. The first-order valence-electron chi connectivity index (χ1n) is 12.5. The van der Waals surface area contributed by atoms with Gasteiger partial charge in [-0.05, 0) is 73.1 Å². The molecule has 1 saturated carbocycles. The molecule has 1 aliphatic heterocycles. The van der Waals surface area contributed by atoms with E-state index in [0.29, 0.717) is 17.7 Å². The Balaban J connectivity index is 1.43. The zero-order valence-electron chi connectivity index (χ0n) is 21.3. The Bertz CT molecular complexity index is 1390. The van der Waals surface area contributed by atoms with Crippen LogP contribution in [0.4, 0.5) is 18.9 Å². The van der Waals surface area contributed by atoms with Crippen LogP contribution in [0, 0.1) is 23.4 Å². The molecule has 3 heterocycles. The summed E-state index contributed by atoms with van der Waals surface area (Å²) in [6.07, 6.45) is 2.81. The summed E-state index contributed by atoms with van der Waals surface area (Å²) in [5.74, 6) is -4.52. The number of nitrogens with one attached hydrogen (secondary N) is 1. The summed E-state index contributed by atoms with van der Waals surface area (Å²) < 4.78 is 49.6. The van der Waals surface area contributed by atoms with Crippen LogP contribution in [-0.2, 0) is 10.3 Å². The quantitative estimate of drug-likeness (QED) is 0.387. The van der Waals surface area contributed by atoms with Crippen LogP contribution in [0.1, 0.15) is 54.2 Å². The van der Waals surface area contributed by atoms with Crippen molar-refractivity contribution in [2.45, 2.75) is 49.9 Å². The van der Waals surface area contributed by atoms with E-state index in [1.54, 1.807) is 19.2 Å². The molecule has 1 amide bonds. The molecule has 2 aliphatic rings. The molecule has 1 aromatic carbocycles. The molecule has 4 N–H and O–H groups in total. The van der Waals surface area contributed by atoms with E-state index in [1.165, 1.54) is 6.20 Å². The van der Waals surface area contributed by atoms with Crippen LogP contribution in [0.3, 0.4) is 0 Å². The third-order valence-electron chi connectivity index (χ3n) is 7.94. The molecule has 2 fully saturated rings. The fourth-order valence-electron chi connectivity index (χ4n) is 5.18. The van der Waals surface area contributed by atoms with Gasteiger partial charge in [0.2, 0.25) is 0 Å². The lowest BCUT2D eigenvalue weighted by Crippen LogP contribution is -2.49. The Morgan fingerprint density at radius 2 is 1.77 bits per heavy atom. The van der Waals surface area contributed by atoms with Crippen molar-refractivity contribution in [1.82, 2.24) is 9.97 Å². The zero-order valence-corrected chi connectivity index (χ0v) is 21.3. The minimum absolute atomic E-state index is 0.0467. The molecule has 1 saturated heterocycles. The average Bonchev–Trinajstić information content (AvgIpc) is 2.86. The van der Waals surface area contributed by atoms with Crippen LogP contribution >= 0.6 is 0 Å². The summed E-state index contributed by atoms with van der Waals surface area (Å²) in [6, 6.07) is 5.48. The monoisotopic (exact) mass is 543 g/mol. The largest absolute Gasteiger partial charge is 0.390 e. The smallest absolute Gasteiger partial charge is 0.274 e. The summed E-state index contributed by atoms with van der Waals surface area (Å²) >= 11 is 0. The molecule has 39 heavy (non-hydrogen) atoms. The Labute approximate surface area is 222 Å². The first-order valence-corrected chi connectivity index (χ1v) is 12.5. The summed E-state index contributed by atoms with van der Waals surface area (Å²) in [6.45, 7) is 3.18. The van der Waals surface area contributed by atoms with Gasteiger partial charge in [0.25, 0.3) is 5.91 Å². The van der Waals surface area contributed by atoms with E-state index in [2.05, 4.69) is 15.3 Å². The van der Waals surface area contributed by atoms with Gasteiger partial charge in [-0.2, -0.15) is 0 Å². The summed E-state index contributed by atoms with van der Waals surface area (Å²) in [5, 5.41) is 34.1. The molecule has 0 radical (unpaired) electrons. The third kappa shape index (κ3) is 4.91. The van der Waals surface area contributed by atoms with E-state index >= 15 is 0 Å². The van der Waals surface area contributed by atoms with Crippen molar-refractivity contribution in [3.8, 4) is 11.3 Å². The van der Waals surface area contributed by atoms with Gasteiger partial charge in [-0.15, -0.1) is 0 Å². The molecular formula is C28H28F3N3O5. The number of pyridine rings is 2. The molecule has 2 aromatic heterocycles. The number of carbonyl (C=O) groups excluding carboxylic acids is 1. The number of aliphatic hydroxyl groups is 3. The zero-order chi connectivity index (χ0) is 28.1. The molecule has 206 valence electrons. The molecule has 0 spiro atoms. The lowest BCUT2D eigenvalue weighted by molar-refractivity contribution is -0.184. The van der Waals surface area contributed by atoms with Gasteiger partial charge in [-0.3, -0.25) is 9.78 Å². The van der Waals surface area contributed by atoms with Crippen molar-refractivity contribution in [1.29, 1.82) is 0 Å². The minimum atomic E-state index is -1.53. The molecule has 0 bridgehead atoms. The van der Waals surface area contributed by atoms with Gasteiger partial charge in [-0.25, -0.2) is 18.2 Å². The van der Waals surface area contributed by atoms with Crippen molar-refractivity contribution in [2.24, 2.45) is 5.92 Å². The number of anilines is 1. The molecular weight excluding hydrogens is 515 g/mol. The first-order chi connectivity index (χ1) is 18.4. The van der Waals surface area contributed by atoms with Crippen molar-refractivity contribution >= 4 is 11.6 Å². The maximum atomic E-state index is 15.0.